The number of hydrogen-bond acceptors (Lipinski definition) is 3. The fourth-order valence-electron chi connectivity index (χ4n) is 3.49. The van der Waals surface area contributed by atoms with E-state index < -0.39 is 0 Å². The minimum absolute atomic E-state index is 0.0875. The molecule has 0 saturated carbocycles. The van der Waals surface area contributed by atoms with Gasteiger partial charge in [-0.3, -0.25) is 9.59 Å². The van der Waals surface area contributed by atoms with E-state index in [0.29, 0.717) is 18.7 Å². The van der Waals surface area contributed by atoms with Gasteiger partial charge in [0.1, 0.15) is 0 Å². The second-order valence-electron chi connectivity index (χ2n) is 6.92. The largest absolute Gasteiger partial charge is 0.383 e. The number of ether oxygens (including phenoxy) is 1. The molecule has 0 bridgehead atoms. The molecule has 0 atom stereocenters. The average molecular weight is 366 g/mol. The summed E-state index contributed by atoms with van der Waals surface area (Å²) in [4.78, 5) is 26.4. The van der Waals surface area contributed by atoms with Gasteiger partial charge >= 0.3 is 0 Å². The maximum Gasteiger partial charge on any atom is 0.254 e. The molecule has 1 aliphatic rings. The number of carbonyl (C=O) groups is 2. The summed E-state index contributed by atoms with van der Waals surface area (Å²) >= 11 is 0. The van der Waals surface area contributed by atoms with Crippen molar-refractivity contribution in [3.05, 3.63) is 69.8 Å². The van der Waals surface area contributed by atoms with E-state index in [1.165, 1.54) is 5.56 Å². The maximum absolute atomic E-state index is 12.8. The molecule has 5 nitrogen and oxygen atoms in total. The predicted octanol–water partition coefficient (Wildman–Crippen LogP) is 2.59. The third-order valence-electron chi connectivity index (χ3n) is 5.13. The first kappa shape index (κ1) is 19.1. The van der Waals surface area contributed by atoms with Gasteiger partial charge in [0.05, 0.1) is 6.61 Å². The number of aryl methyl sites for hydroxylation is 1. The normalized spacial score (nSPS) is 13.4. The van der Waals surface area contributed by atoms with Crippen molar-refractivity contribution < 1.29 is 14.3 Å². The van der Waals surface area contributed by atoms with Crippen molar-refractivity contribution in [3.8, 4) is 0 Å². The molecule has 3 rings (SSSR count). The van der Waals surface area contributed by atoms with Crippen molar-refractivity contribution >= 4 is 11.8 Å². The van der Waals surface area contributed by atoms with Crippen LogP contribution >= 0.6 is 0 Å². The molecule has 0 aliphatic carbocycles. The summed E-state index contributed by atoms with van der Waals surface area (Å²) in [7, 11) is 3.28. The fourth-order valence-corrected chi connectivity index (χ4v) is 3.49. The first-order chi connectivity index (χ1) is 13.0. The number of carbonyl (C=O) groups excluding carboxylic acids is 2. The van der Waals surface area contributed by atoms with Crippen molar-refractivity contribution in [1.82, 2.24) is 10.2 Å². The van der Waals surface area contributed by atoms with Gasteiger partial charge in [0.15, 0.2) is 0 Å². The van der Waals surface area contributed by atoms with Gasteiger partial charge in [-0.2, -0.15) is 0 Å². The molecule has 0 saturated heterocycles. The summed E-state index contributed by atoms with van der Waals surface area (Å²) in [6.45, 7) is 4.02. The van der Waals surface area contributed by atoms with E-state index in [4.69, 9.17) is 4.74 Å². The predicted molar refractivity (Wildman–Crippen MR) is 105 cm³/mol. The van der Waals surface area contributed by atoms with E-state index in [1.54, 1.807) is 14.2 Å². The van der Waals surface area contributed by atoms with Gasteiger partial charge in [0, 0.05) is 38.4 Å². The van der Waals surface area contributed by atoms with Crippen molar-refractivity contribution in [2.45, 2.75) is 19.8 Å². The lowest BCUT2D eigenvalue weighted by atomic mass is 9.91. The number of nitrogens with one attached hydrogen (secondary N) is 1. The fraction of sp³-hybridized carbons (Fsp3) is 0.364. The van der Waals surface area contributed by atoms with Crippen LogP contribution in [0.3, 0.4) is 0 Å². The third-order valence-corrected chi connectivity index (χ3v) is 5.13. The first-order valence-corrected chi connectivity index (χ1v) is 9.25. The molecule has 0 spiro atoms. The van der Waals surface area contributed by atoms with E-state index in [9.17, 15) is 9.59 Å². The molecule has 0 fully saturated rings. The Bertz CT molecular complexity index is 843. The Kier molecular flexibility index (Phi) is 5.91. The SMILES string of the molecule is CNC(=O)c1ccc(Cc2cc3c(cc2C)CCN(CCOC)C3=O)cc1. The smallest absolute Gasteiger partial charge is 0.254 e. The summed E-state index contributed by atoms with van der Waals surface area (Å²) in [6.07, 6.45) is 1.62. The molecular weight excluding hydrogens is 340 g/mol. The molecule has 5 heteroatoms. The van der Waals surface area contributed by atoms with Crippen LogP contribution in [0.1, 0.15) is 43.0 Å². The Hall–Kier alpha value is -2.66. The van der Waals surface area contributed by atoms with Crippen LogP contribution in [0, 0.1) is 6.92 Å². The summed E-state index contributed by atoms with van der Waals surface area (Å²) in [5.41, 5.74) is 6.04. The summed E-state index contributed by atoms with van der Waals surface area (Å²) in [5, 5.41) is 2.63. The number of hydrogen-bond donors (Lipinski definition) is 1. The van der Waals surface area contributed by atoms with Gasteiger partial charge < -0.3 is 15.0 Å². The van der Waals surface area contributed by atoms with E-state index in [2.05, 4.69) is 18.3 Å². The van der Waals surface area contributed by atoms with Gasteiger partial charge in [0.2, 0.25) is 0 Å². The minimum Gasteiger partial charge on any atom is -0.383 e. The Labute approximate surface area is 160 Å². The van der Waals surface area contributed by atoms with Gasteiger partial charge in [0.25, 0.3) is 11.8 Å². The van der Waals surface area contributed by atoms with Crippen LogP contribution in [-0.2, 0) is 17.6 Å². The van der Waals surface area contributed by atoms with Crippen molar-refractivity contribution in [2.24, 2.45) is 0 Å². The van der Waals surface area contributed by atoms with Gasteiger partial charge in [-0.25, -0.2) is 0 Å². The van der Waals surface area contributed by atoms with Crippen LogP contribution in [0.5, 0.6) is 0 Å². The summed E-state index contributed by atoms with van der Waals surface area (Å²) in [5.74, 6) is -0.00206. The zero-order valence-corrected chi connectivity index (χ0v) is 16.2. The zero-order valence-electron chi connectivity index (χ0n) is 16.2. The molecule has 1 aliphatic heterocycles. The highest BCUT2D eigenvalue weighted by atomic mass is 16.5. The highest BCUT2D eigenvalue weighted by Gasteiger charge is 2.25. The quantitative estimate of drug-likeness (QED) is 0.855. The van der Waals surface area contributed by atoms with Gasteiger partial charge in [-0.15, -0.1) is 0 Å². The van der Waals surface area contributed by atoms with Crippen LogP contribution in [0.2, 0.25) is 0 Å². The topological polar surface area (TPSA) is 58.6 Å². The Morgan fingerprint density at radius 3 is 2.63 bits per heavy atom. The standard InChI is InChI=1S/C22H26N2O3/c1-15-12-18-8-9-24(10-11-27-3)22(26)20(18)14-19(15)13-16-4-6-17(7-5-16)21(25)23-2/h4-7,12,14H,8-11,13H2,1-3H3,(H,23,25). The Morgan fingerprint density at radius 1 is 1.22 bits per heavy atom. The minimum atomic E-state index is -0.0896. The molecule has 0 unspecified atom stereocenters. The lowest BCUT2D eigenvalue weighted by Crippen LogP contribution is -2.39. The lowest BCUT2D eigenvalue weighted by Gasteiger charge is -2.29. The maximum atomic E-state index is 12.8. The second-order valence-corrected chi connectivity index (χ2v) is 6.92. The molecule has 1 N–H and O–H groups in total. The molecule has 2 amide bonds. The van der Waals surface area contributed by atoms with Gasteiger partial charge in [-0.05, 0) is 60.2 Å². The number of benzene rings is 2. The average Bonchev–Trinajstić information content (AvgIpc) is 2.68. The number of fused-ring (bicyclic) bond motifs is 1. The molecule has 27 heavy (non-hydrogen) atoms. The molecular formula is C22H26N2O3. The number of methoxy groups -OCH3 is 1. The number of amides is 2. The first-order valence-electron chi connectivity index (χ1n) is 9.25. The van der Waals surface area contributed by atoms with Gasteiger partial charge in [-0.1, -0.05) is 18.2 Å². The molecule has 1 heterocycles. The van der Waals surface area contributed by atoms with E-state index in [0.717, 1.165) is 41.6 Å². The third kappa shape index (κ3) is 4.19. The highest BCUT2D eigenvalue weighted by Crippen LogP contribution is 2.25. The highest BCUT2D eigenvalue weighted by molar-refractivity contribution is 5.97. The van der Waals surface area contributed by atoms with Crippen LogP contribution in [0.4, 0.5) is 0 Å². The lowest BCUT2D eigenvalue weighted by molar-refractivity contribution is 0.0678. The van der Waals surface area contributed by atoms with E-state index in [1.807, 2.05) is 35.2 Å². The number of nitrogens with zero attached hydrogens (tertiary/aromatic N) is 1. The second kappa shape index (κ2) is 8.35. The van der Waals surface area contributed by atoms with Crippen molar-refractivity contribution in [1.29, 1.82) is 0 Å². The van der Waals surface area contributed by atoms with E-state index >= 15 is 0 Å². The Balaban J connectivity index is 1.82. The van der Waals surface area contributed by atoms with Crippen LogP contribution < -0.4 is 5.32 Å². The monoisotopic (exact) mass is 366 g/mol. The van der Waals surface area contributed by atoms with Crippen LogP contribution in [0.15, 0.2) is 36.4 Å². The van der Waals surface area contributed by atoms with Crippen LogP contribution in [-0.4, -0.2) is 50.6 Å². The summed E-state index contributed by atoms with van der Waals surface area (Å²) in [6, 6.07) is 11.8. The van der Waals surface area contributed by atoms with E-state index in [-0.39, 0.29) is 11.8 Å². The molecule has 0 aromatic heterocycles. The molecule has 2 aromatic rings. The molecule has 142 valence electrons. The molecule has 0 radical (unpaired) electrons. The van der Waals surface area contributed by atoms with Crippen LogP contribution in [0.25, 0.3) is 0 Å². The molecule has 2 aromatic carbocycles. The Morgan fingerprint density at radius 2 is 1.96 bits per heavy atom. The van der Waals surface area contributed by atoms with Crippen molar-refractivity contribution in [2.75, 3.05) is 33.9 Å². The summed E-state index contributed by atoms with van der Waals surface area (Å²) < 4.78 is 5.11. The van der Waals surface area contributed by atoms with Crippen molar-refractivity contribution in [3.63, 3.8) is 0 Å². The zero-order chi connectivity index (χ0) is 19.4. The number of rotatable bonds is 6.